The second-order valence-corrected chi connectivity index (χ2v) is 3.82. The Hall–Kier alpha value is -1.10. The first-order valence-corrected chi connectivity index (χ1v) is 4.87. The van der Waals surface area contributed by atoms with E-state index in [-0.39, 0.29) is 17.9 Å². The fourth-order valence-corrected chi connectivity index (χ4v) is 1.53. The first-order valence-electron chi connectivity index (χ1n) is 4.08. The number of nitrogens with zero attached hydrogens (tertiary/aromatic N) is 1. The summed E-state index contributed by atoms with van der Waals surface area (Å²) in [6, 6.07) is 4.86. The Morgan fingerprint density at radius 3 is 2.93 bits per heavy atom. The Morgan fingerprint density at radius 2 is 2.36 bits per heavy atom. The molecule has 74 valence electrons. The maximum absolute atomic E-state index is 13.2. The summed E-state index contributed by atoms with van der Waals surface area (Å²) in [5, 5.41) is 0. The molecule has 1 aliphatic rings. The lowest BCUT2D eigenvalue weighted by Gasteiger charge is -2.05. The van der Waals surface area contributed by atoms with Crippen molar-refractivity contribution in [2.75, 3.05) is 6.61 Å². The van der Waals surface area contributed by atoms with Crippen molar-refractivity contribution in [3.63, 3.8) is 0 Å². The van der Waals surface area contributed by atoms with E-state index >= 15 is 0 Å². The Morgan fingerprint density at radius 1 is 1.57 bits per heavy atom. The van der Waals surface area contributed by atoms with Gasteiger partial charge in [-0.3, -0.25) is 0 Å². The summed E-state index contributed by atoms with van der Waals surface area (Å²) in [4.78, 5) is 4.02. The zero-order chi connectivity index (χ0) is 10.1. The van der Waals surface area contributed by atoms with Gasteiger partial charge in [0.1, 0.15) is 18.5 Å². The molecule has 2 rings (SSSR count). The van der Waals surface area contributed by atoms with Gasteiger partial charge >= 0.3 is 0 Å². The molecule has 2 N–H and O–H groups in total. The molecule has 0 spiro atoms. The number of ether oxygens (including phenoxy) is 1. The van der Waals surface area contributed by atoms with Gasteiger partial charge in [0.25, 0.3) is 6.02 Å². The highest BCUT2D eigenvalue weighted by Crippen LogP contribution is 2.25. The van der Waals surface area contributed by atoms with Gasteiger partial charge in [-0.15, -0.1) is 0 Å². The number of rotatable bonds is 1. The minimum absolute atomic E-state index is 0.165. The standard InChI is InChI=1S/C9H8BrFN2O/c10-6-2-1-5(3-7(6)11)8-4-14-9(12)13-8/h1-3,8H,4H2,(H2,12,13)/t8-/m0/s1. The van der Waals surface area contributed by atoms with E-state index in [0.29, 0.717) is 11.1 Å². The number of amidine groups is 1. The topological polar surface area (TPSA) is 47.6 Å². The van der Waals surface area contributed by atoms with Crippen LogP contribution in [0.25, 0.3) is 0 Å². The van der Waals surface area contributed by atoms with Crippen LogP contribution in [0.4, 0.5) is 4.39 Å². The third-order valence-electron chi connectivity index (χ3n) is 2.00. The molecule has 3 nitrogen and oxygen atoms in total. The molecule has 0 saturated heterocycles. The second kappa shape index (κ2) is 3.57. The van der Waals surface area contributed by atoms with Gasteiger partial charge in [-0.2, -0.15) is 0 Å². The summed E-state index contributed by atoms with van der Waals surface area (Å²) in [5.41, 5.74) is 6.12. The molecule has 0 amide bonds. The Labute approximate surface area is 88.9 Å². The van der Waals surface area contributed by atoms with Gasteiger partial charge in [0, 0.05) is 0 Å². The summed E-state index contributed by atoms with van der Waals surface area (Å²) in [6.45, 7) is 0.382. The van der Waals surface area contributed by atoms with Gasteiger partial charge in [-0.25, -0.2) is 9.38 Å². The maximum atomic E-state index is 13.2. The summed E-state index contributed by atoms with van der Waals surface area (Å²) in [6.07, 6.45) is 0. The van der Waals surface area contributed by atoms with Crippen LogP contribution in [0.15, 0.2) is 27.7 Å². The van der Waals surface area contributed by atoms with Gasteiger partial charge < -0.3 is 10.5 Å². The van der Waals surface area contributed by atoms with E-state index in [1.165, 1.54) is 6.07 Å². The normalized spacial score (nSPS) is 20.4. The van der Waals surface area contributed by atoms with Crippen molar-refractivity contribution >= 4 is 22.0 Å². The molecular weight excluding hydrogens is 251 g/mol. The fourth-order valence-electron chi connectivity index (χ4n) is 1.28. The zero-order valence-electron chi connectivity index (χ0n) is 7.21. The molecule has 14 heavy (non-hydrogen) atoms. The van der Waals surface area contributed by atoms with Gasteiger partial charge in [-0.1, -0.05) is 6.07 Å². The second-order valence-electron chi connectivity index (χ2n) is 2.97. The average Bonchev–Trinajstić information content (AvgIpc) is 2.57. The summed E-state index contributed by atoms with van der Waals surface area (Å²) in [7, 11) is 0. The lowest BCUT2D eigenvalue weighted by atomic mass is 10.1. The number of hydrogen-bond donors (Lipinski definition) is 1. The Balaban J connectivity index is 2.29. The summed E-state index contributed by atoms with van der Waals surface area (Å²) >= 11 is 3.08. The van der Waals surface area contributed by atoms with E-state index in [1.54, 1.807) is 12.1 Å². The van der Waals surface area contributed by atoms with E-state index < -0.39 is 0 Å². The van der Waals surface area contributed by atoms with E-state index in [0.717, 1.165) is 5.56 Å². The van der Waals surface area contributed by atoms with Crippen molar-refractivity contribution in [3.05, 3.63) is 34.1 Å². The van der Waals surface area contributed by atoms with Crippen molar-refractivity contribution in [2.24, 2.45) is 10.7 Å². The molecule has 0 radical (unpaired) electrons. The molecule has 0 fully saturated rings. The molecule has 0 aromatic heterocycles. The minimum atomic E-state index is -0.303. The highest BCUT2D eigenvalue weighted by molar-refractivity contribution is 9.10. The highest BCUT2D eigenvalue weighted by Gasteiger charge is 2.19. The first-order chi connectivity index (χ1) is 6.66. The van der Waals surface area contributed by atoms with Crippen LogP contribution >= 0.6 is 15.9 Å². The van der Waals surface area contributed by atoms with Gasteiger partial charge in [0.05, 0.1) is 4.47 Å². The maximum Gasteiger partial charge on any atom is 0.282 e. The van der Waals surface area contributed by atoms with Crippen LogP contribution in [-0.2, 0) is 4.74 Å². The van der Waals surface area contributed by atoms with Gasteiger partial charge in [0.15, 0.2) is 0 Å². The molecule has 0 unspecified atom stereocenters. The van der Waals surface area contributed by atoms with Crippen molar-refractivity contribution in [3.8, 4) is 0 Å². The van der Waals surface area contributed by atoms with Crippen LogP contribution < -0.4 is 5.73 Å². The molecule has 1 heterocycles. The number of benzene rings is 1. The molecular formula is C9H8BrFN2O. The minimum Gasteiger partial charge on any atom is -0.463 e. The third-order valence-corrected chi connectivity index (χ3v) is 2.64. The molecule has 0 bridgehead atoms. The van der Waals surface area contributed by atoms with Crippen molar-refractivity contribution in [2.45, 2.75) is 6.04 Å². The zero-order valence-corrected chi connectivity index (χ0v) is 8.79. The van der Waals surface area contributed by atoms with Gasteiger partial charge in [0.2, 0.25) is 0 Å². The van der Waals surface area contributed by atoms with E-state index in [2.05, 4.69) is 20.9 Å². The van der Waals surface area contributed by atoms with Gasteiger partial charge in [-0.05, 0) is 33.6 Å². The quantitative estimate of drug-likeness (QED) is 0.838. The van der Waals surface area contributed by atoms with E-state index in [4.69, 9.17) is 10.5 Å². The first kappa shape index (κ1) is 9.45. The summed E-state index contributed by atoms with van der Waals surface area (Å²) in [5.74, 6) is -0.303. The van der Waals surface area contributed by atoms with Crippen LogP contribution in [-0.4, -0.2) is 12.6 Å². The average molecular weight is 259 g/mol. The van der Waals surface area contributed by atoms with Crippen molar-refractivity contribution < 1.29 is 9.13 Å². The number of nitrogens with two attached hydrogens (primary N) is 1. The summed E-state index contributed by atoms with van der Waals surface area (Å²) < 4.78 is 18.6. The molecule has 1 aromatic rings. The number of hydrogen-bond acceptors (Lipinski definition) is 3. The van der Waals surface area contributed by atoms with E-state index in [1.807, 2.05) is 0 Å². The predicted octanol–water partition coefficient (Wildman–Crippen LogP) is 1.97. The Kier molecular flexibility index (Phi) is 2.41. The predicted molar refractivity (Wildman–Crippen MR) is 54.4 cm³/mol. The highest BCUT2D eigenvalue weighted by atomic mass is 79.9. The molecule has 1 atom stereocenters. The van der Waals surface area contributed by atoms with Crippen molar-refractivity contribution in [1.29, 1.82) is 0 Å². The van der Waals surface area contributed by atoms with E-state index in [9.17, 15) is 4.39 Å². The Bertz CT molecular complexity index is 394. The van der Waals surface area contributed by atoms with Crippen LogP contribution in [0, 0.1) is 5.82 Å². The smallest absolute Gasteiger partial charge is 0.282 e. The monoisotopic (exact) mass is 258 g/mol. The third kappa shape index (κ3) is 1.72. The molecule has 1 aliphatic heterocycles. The molecule has 0 saturated carbocycles. The lowest BCUT2D eigenvalue weighted by molar-refractivity contribution is 0.315. The lowest BCUT2D eigenvalue weighted by Crippen LogP contribution is -2.10. The van der Waals surface area contributed by atoms with Crippen LogP contribution in [0.5, 0.6) is 0 Å². The molecule has 0 aliphatic carbocycles. The molecule has 5 heteroatoms. The van der Waals surface area contributed by atoms with Crippen LogP contribution in [0.2, 0.25) is 0 Å². The van der Waals surface area contributed by atoms with Crippen LogP contribution in [0.1, 0.15) is 11.6 Å². The molecule has 1 aromatic carbocycles. The fraction of sp³-hybridized carbons (Fsp3) is 0.222. The largest absolute Gasteiger partial charge is 0.463 e. The number of halogens is 2. The van der Waals surface area contributed by atoms with Crippen LogP contribution in [0.3, 0.4) is 0 Å². The number of aliphatic imine (C=N–C) groups is 1. The SMILES string of the molecule is NC1=N[C@H](c2ccc(Br)c(F)c2)CO1. The van der Waals surface area contributed by atoms with Crippen molar-refractivity contribution in [1.82, 2.24) is 0 Å².